The number of aromatic carboxylic acids is 1. The van der Waals surface area contributed by atoms with Crippen LogP contribution in [0.4, 0.5) is 10.1 Å². The van der Waals surface area contributed by atoms with E-state index >= 15 is 0 Å². The van der Waals surface area contributed by atoms with Crippen molar-refractivity contribution in [1.82, 2.24) is 0 Å². The molecule has 0 aromatic heterocycles. The van der Waals surface area contributed by atoms with Gasteiger partial charge >= 0.3 is 11.7 Å². The van der Waals surface area contributed by atoms with Gasteiger partial charge in [-0.25, -0.2) is 9.18 Å². The van der Waals surface area contributed by atoms with E-state index in [0.29, 0.717) is 0 Å². The summed E-state index contributed by atoms with van der Waals surface area (Å²) in [6, 6.07) is 7.37. The summed E-state index contributed by atoms with van der Waals surface area (Å²) in [6.07, 6.45) is 0. The molecule has 108 valence electrons. The van der Waals surface area contributed by atoms with Crippen molar-refractivity contribution >= 4 is 27.6 Å². The zero-order valence-electron chi connectivity index (χ0n) is 10.2. The monoisotopic (exact) mass is 355 g/mol. The molecule has 8 heteroatoms. The Balaban J connectivity index is 2.48. The Morgan fingerprint density at radius 3 is 2.62 bits per heavy atom. The van der Waals surface area contributed by atoms with E-state index in [9.17, 15) is 19.3 Å². The first-order valence-electron chi connectivity index (χ1n) is 5.53. The van der Waals surface area contributed by atoms with E-state index in [1.807, 2.05) is 0 Å². The summed E-state index contributed by atoms with van der Waals surface area (Å²) in [7, 11) is 0. The lowest BCUT2D eigenvalue weighted by Gasteiger charge is -2.08. The lowest BCUT2D eigenvalue weighted by atomic mass is 10.1. The second kappa shape index (κ2) is 5.88. The second-order valence-corrected chi connectivity index (χ2v) is 4.75. The standard InChI is InChI=1S/C13H7BrFNO5/c14-9-6-7(4-5-10(9)15)21-11-3-1-2-8(13(17)18)12(11)16(19)20/h1-6H,(H,17,18). The number of benzene rings is 2. The number of ether oxygens (including phenoxy) is 1. The summed E-state index contributed by atoms with van der Waals surface area (Å²) in [6.45, 7) is 0. The smallest absolute Gasteiger partial charge is 0.342 e. The van der Waals surface area contributed by atoms with E-state index in [0.717, 1.165) is 12.1 Å². The number of para-hydroxylation sites is 1. The van der Waals surface area contributed by atoms with Crippen molar-refractivity contribution in [2.75, 3.05) is 0 Å². The summed E-state index contributed by atoms with van der Waals surface area (Å²) >= 11 is 2.96. The first kappa shape index (κ1) is 14.9. The Morgan fingerprint density at radius 2 is 2.05 bits per heavy atom. The van der Waals surface area contributed by atoms with Crippen molar-refractivity contribution in [3.8, 4) is 11.5 Å². The minimum Gasteiger partial charge on any atom is -0.477 e. The van der Waals surface area contributed by atoms with Crippen molar-refractivity contribution in [3.63, 3.8) is 0 Å². The zero-order chi connectivity index (χ0) is 15.6. The Hall–Kier alpha value is -2.48. The molecule has 0 amide bonds. The van der Waals surface area contributed by atoms with Gasteiger partial charge in [0.25, 0.3) is 0 Å². The summed E-state index contributed by atoms with van der Waals surface area (Å²) in [4.78, 5) is 21.2. The van der Waals surface area contributed by atoms with Crippen LogP contribution in [0.1, 0.15) is 10.4 Å². The van der Waals surface area contributed by atoms with Crippen LogP contribution in [-0.2, 0) is 0 Å². The fourth-order valence-electron chi connectivity index (χ4n) is 1.63. The van der Waals surface area contributed by atoms with E-state index in [2.05, 4.69) is 15.9 Å². The van der Waals surface area contributed by atoms with Gasteiger partial charge in [0.05, 0.1) is 9.40 Å². The Morgan fingerprint density at radius 1 is 1.33 bits per heavy atom. The second-order valence-electron chi connectivity index (χ2n) is 3.89. The van der Waals surface area contributed by atoms with Gasteiger partial charge in [0.2, 0.25) is 5.75 Å². The molecule has 0 unspecified atom stereocenters. The average Bonchev–Trinajstić information content (AvgIpc) is 2.42. The number of nitro groups is 1. The van der Waals surface area contributed by atoms with Crippen molar-refractivity contribution in [1.29, 1.82) is 0 Å². The van der Waals surface area contributed by atoms with Gasteiger partial charge in [-0.15, -0.1) is 0 Å². The van der Waals surface area contributed by atoms with E-state index in [1.165, 1.54) is 24.3 Å². The first-order valence-corrected chi connectivity index (χ1v) is 6.33. The Bertz CT molecular complexity index is 734. The molecule has 0 fully saturated rings. The van der Waals surface area contributed by atoms with Crippen molar-refractivity contribution in [2.45, 2.75) is 0 Å². The molecule has 0 heterocycles. The number of carboxylic acids is 1. The van der Waals surface area contributed by atoms with Crippen LogP contribution >= 0.6 is 15.9 Å². The highest BCUT2D eigenvalue weighted by molar-refractivity contribution is 9.10. The van der Waals surface area contributed by atoms with E-state index in [4.69, 9.17) is 9.84 Å². The van der Waals surface area contributed by atoms with E-state index < -0.39 is 28.0 Å². The van der Waals surface area contributed by atoms with Crippen molar-refractivity contribution < 1.29 is 24.0 Å². The number of nitrogens with zero attached hydrogens (tertiary/aromatic N) is 1. The maximum absolute atomic E-state index is 13.1. The van der Waals surface area contributed by atoms with Crippen LogP contribution in [0.2, 0.25) is 0 Å². The van der Waals surface area contributed by atoms with Gasteiger partial charge in [0, 0.05) is 0 Å². The van der Waals surface area contributed by atoms with Gasteiger partial charge in [-0.1, -0.05) is 6.07 Å². The molecule has 2 rings (SSSR count). The molecule has 0 aliphatic rings. The minimum absolute atomic E-state index is 0.122. The van der Waals surface area contributed by atoms with Gasteiger partial charge in [-0.2, -0.15) is 0 Å². The molecule has 0 saturated carbocycles. The van der Waals surface area contributed by atoms with Crippen LogP contribution in [0.3, 0.4) is 0 Å². The normalized spacial score (nSPS) is 10.2. The summed E-state index contributed by atoms with van der Waals surface area (Å²) in [5.41, 5.74) is -1.15. The van der Waals surface area contributed by atoms with Crippen molar-refractivity contribution in [3.05, 3.63) is 62.4 Å². The third-order valence-corrected chi connectivity index (χ3v) is 3.14. The highest BCUT2D eigenvalue weighted by Gasteiger charge is 2.25. The molecular weight excluding hydrogens is 349 g/mol. The van der Waals surface area contributed by atoms with Crippen LogP contribution in [0, 0.1) is 15.9 Å². The lowest BCUT2D eigenvalue weighted by molar-refractivity contribution is -0.386. The van der Waals surface area contributed by atoms with Gasteiger partial charge in [-0.05, 0) is 46.3 Å². The molecule has 0 spiro atoms. The van der Waals surface area contributed by atoms with Crippen LogP contribution in [-0.4, -0.2) is 16.0 Å². The Kier molecular flexibility index (Phi) is 4.18. The maximum Gasteiger partial charge on any atom is 0.342 e. The predicted molar refractivity (Wildman–Crippen MR) is 74.2 cm³/mol. The van der Waals surface area contributed by atoms with E-state index in [1.54, 1.807) is 0 Å². The molecule has 2 aromatic carbocycles. The number of hydrogen-bond acceptors (Lipinski definition) is 4. The molecule has 0 saturated heterocycles. The lowest BCUT2D eigenvalue weighted by Crippen LogP contribution is -2.04. The molecule has 0 aliphatic carbocycles. The SMILES string of the molecule is O=C(O)c1cccc(Oc2ccc(F)c(Br)c2)c1[N+](=O)[O-]. The summed E-state index contributed by atoms with van der Waals surface area (Å²) < 4.78 is 18.5. The van der Waals surface area contributed by atoms with Gasteiger partial charge in [-0.3, -0.25) is 10.1 Å². The van der Waals surface area contributed by atoms with Crippen molar-refractivity contribution in [2.24, 2.45) is 0 Å². The van der Waals surface area contributed by atoms with Gasteiger partial charge in [0.15, 0.2) is 0 Å². The molecule has 2 aromatic rings. The van der Waals surface area contributed by atoms with Crippen LogP contribution in [0.5, 0.6) is 11.5 Å². The predicted octanol–water partition coefficient (Wildman–Crippen LogP) is 3.99. The van der Waals surface area contributed by atoms with E-state index in [-0.39, 0.29) is 16.0 Å². The molecule has 6 nitrogen and oxygen atoms in total. The van der Waals surface area contributed by atoms with Crippen LogP contribution < -0.4 is 4.74 Å². The van der Waals surface area contributed by atoms with Crippen LogP contribution in [0.15, 0.2) is 40.9 Å². The molecule has 1 N–H and O–H groups in total. The molecule has 21 heavy (non-hydrogen) atoms. The van der Waals surface area contributed by atoms with Gasteiger partial charge < -0.3 is 9.84 Å². The van der Waals surface area contributed by atoms with Gasteiger partial charge in [0.1, 0.15) is 17.1 Å². The molecular formula is C13H7BrFNO5. The quantitative estimate of drug-likeness (QED) is 0.661. The molecule has 0 atom stereocenters. The highest BCUT2D eigenvalue weighted by Crippen LogP contribution is 2.35. The number of hydrogen-bond donors (Lipinski definition) is 1. The topological polar surface area (TPSA) is 89.7 Å². The number of nitro benzene ring substituents is 1. The number of carboxylic acid groups (broad SMARTS) is 1. The fraction of sp³-hybridized carbons (Fsp3) is 0. The number of carbonyl (C=O) groups is 1. The average molecular weight is 356 g/mol. The highest BCUT2D eigenvalue weighted by atomic mass is 79.9. The third kappa shape index (κ3) is 3.16. The molecule has 0 radical (unpaired) electrons. The molecule has 0 aliphatic heterocycles. The first-order chi connectivity index (χ1) is 9.90. The minimum atomic E-state index is -1.44. The summed E-state index contributed by atoms with van der Waals surface area (Å²) in [5.74, 6) is -2.06. The fourth-order valence-corrected chi connectivity index (χ4v) is 1.99. The molecule has 0 bridgehead atoms. The van der Waals surface area contributed by atoms with Crippen LogP contribution in [0.25, 0.3) is 0 Å². The largest absolute Gasteiger partial charge is 0.477 e. The Labute approximate surface area is 126 Å². The number of halogens is 2. The maximum atomic E-state index is 13.1. The number of rotatable bonds is 4. The third-order valence-electron chi connectivity index (χ3n) is 2.53. The summed E-state index contributed by atoms with van der Waals surface area (Å²) in [5, 5.41) is 20.0. The zero-order valence-corrected chi connectivity index (χ0v) is 11.8.